The van der Waals surface area contributed by atoms with E-state index in [2.05, 4.69) is 29.7 Å². The van der Waals surface area contributed by atoms with Gasteiger partial charge in [0.25, 0.3) is 17.7 Å². The van der Waals surface area contributed by atoms with Gasteiger partial charge in [0.05, 0.1) is 11.8 Å². The number of halogens is 1. The second-order valence-electron chi connectivity index (χ2n) is 8.82. The molecule has 2 unspecified atom stereocenters. The lowest BCUT2D eigenvalue weighted by atomic mass is 9.48. The Bertz CT molecular complexity index is 1290. The molecular formula is C26H19ClN2O3. The highest BCUT2D eigenvalue weighted by atomic mass is 35.5. The van der Waals surface area contributed by atoms with Crippen molar-refractivity contribution in [3.05, 3.63) is 106 Å². The van der Waals surface area contributed by atoms with Crippen LogP contribution in [0.3, 0.4) is 0 Å². The summed E-state index contributed by atoms with van der Waals surface area (Å²) in [6.45, 7) is 2.05. The van der Waals surface area contributed by atoms with Gasteiger partial charge in [-0.1, -0.05) is 73.1 Å². The molecule has 3 aliphatic carbocycles. The summed E-state index contributed by atoms with van der Waals surface area (Å²) in [5, 5.41) is 1.34. The molecule has 3 aromatic rings. The average Bonchev–Trinajstić information content (AvgIpc) is 3.05. The van der Waals surface area contributed by atoms with Crippen molar-refractivity contribution in [2.75, 3.05) is 0 Å². The van der Waals surface area contributed by atoms with Crippen LogP contribution in [0, 0.1) is 11.8 Å². The predicted molar refractivity (Wildman–Crippen MR) is 119 cm³/mol. The maximum atomic E-state index is 13.7. The molecule has 7 rings (SSSR count). The highest BCUT2D eigenvalue weighted by Crippen LogP contribution is 2.63. The molecule has 1 fully saturated rings. The normalized spacial score (nSPS) is 27.1. The van der Waals surface area contributed by atoms with Crippen LogP contribution >= 0.6 is 11.6 Å². The number of amides is 3. The summed E-state index contributed by atoms with van der Waals surface area (Å²) in [6, 6.07) is 22.5. The van der Waals surface area contributed by atoms with Crippen LogP contribution < -0.4 is 5.43 Å². The summed E-state index contributed by atoms with van der Waals surface area (Å²) < 4.78 is 0. The quantitative estimate of drug-likeness (QED) is 0.609. The van der Waals surface area contributed by atoms with Crippen molar-refractivity contribution in [2.24, 2.45) is 11.8 Å². The van der Waals surface area contributed by atoms with Crippen LogP contribution in [0.5, 0.6) is 0 Å². The third-order valence-electron chi connectivity index (χ3n) is 7.34. The fourth-order valence-corrected chi connectivity index (χ4v) is 6.25. The summed E-state index contributed by atoms with van der Waals surface area (Å²) in [5.74, 6) is -2.64. The standard InChI is InChI=1S/C26H19ClN2O3/c1-26-18-11-4-2-9-16(18)20(17-10-3-5-12-19(17)26)21-22(26)25(32)29(24(21)31)28-23(30)14-7-6-8-15(27)13-14/h2-13,20-22H,1H3,(H,28,30). The number of rotatable bonds is 2. The molecule has 4 aliphatic rings. The minimum atomic E-state index is -0.658. The number of nitrogens with one attached hydrogen (secondary N) is 1. The Morgan fingerprint density at radius 2 is 1.53 bits per heavy atom. The van der Waals surface area contributed by atoms with E-state index in [1.54, 1.807) is 18.2 Å². The first-order valence-corrected chi connectivity index (χ1v) is 10.9. The molecule has 5 nitrogen and oxygen atoms in total. The fraction of sp³-hybridized carbons (Fsp3) is 0.192. The van der Waals surface area contributed by atoms with E-state index in [1.807, 2.05) is 31.2 Å². The predicted octanol–water partition coefficient (Wildman–Crippen LogP) is 4.05. The number of hydrogen-bond acceptors (Lipinski definition) is 3. The van der Waals surface area contributed by atoms with Crippen LogP contribution in [0.4, 0.5) is 0 Å². The molecule has 1 saturated heterocycles. The molecular weight excluding hydrogens is 424 g/mol. The lowest BCUT2D eigenvalue weighted by Crippen LogP contribution is -2.52. The molecule has 2 bridgehead atoms. The van der Waals surface area contributed by atoms with Crippen molar-refractivity contribution < 1.29 is 14.4 Å². The number of hydrazine groups is 1. The molecule has 158 valence electrons. The average molecular weight is 443 g/mol. The van der Waals surface area contributed by atoms with Gasteiger partial charge in [0.15, 0.2) is 0 Å². The minimum absolute atomic E-state index is 0.223. The number of benzene rings is 3. The second kappa shape index (κ2) is 6.53. The zero-order valence-electron chi connectivity index (χ0n) is 17.2. The van der Waals surface area contributed by atoms with Gasteiger partial charge in [-0.2, -0.15) is 5.01 Å². The first kappa shape index (κ1) is 19.3. The third-order valence-corrected chi connectivity index (χ3v) is 7.58. The number of carbonyl (C=O) groups excluding carboxylic acids is 3. The highest BCUT2D eigenvalue weighted by molar-refractivity contribution is 6.31. The zero-order chi connectivity index (χ0) is 22.2. The smallest absolute Gasteiger partial charge is 0.270 e. The Kier molecular flexibility index (Phi) is 3.93. The molecule has 6 heteroatoms. The molecule has 0 aromatic heterocycles. The monoisotopic (exact) mass is 442 g/mol. The molecule has 1 aliphatic heterocycles. The maximum Gasteiger partial charge on any atom is 0.270 e. The van der Waals surface area contributed by atoms with E-state index >= 15 is 0 Å². The van der Waals surface area contributed by atoms with Gasteiger partial charge in [-0.3, -0.25) is 19.8 Å². The Hall–Kier alpha value is -3.44. The van der Waals surface area contributed by atoms with Gasteiger partial charge in [-0.25, -0.2) is 0 Å². The SMILES string of the molecule is CC12c3ccccc3C(c3ccccc31)C1C(=O)N(NC(=O)c3cccc(Cl)c3)C(=O)C12. The van der Waals surface area contributed by atoms with Crippen LogP contribution in [-0.4, -0.2) is 22.7 Å². The van der Waals surface area contributed by atoms with Gasteiger partial charge >= 0.3 is 0 Å². The third kappa shape index (κ3) is 2.32. The van der Waals surface area contributed by atoms with E-state index in [0.29, 0.717) is 5.02 Å². The Morgan fingerprint density at radius 3 is 2.16 bits per heavy atom. The zero-order valence-corrected chi connectivity index (χ0v) is 18.0. The minimum Gasteiger partial charge on any atom is -0.272 e. The van der Waals surface area contributed by atoms with E-state index in [-0.39, 0.29) is 23.3 Å². The molecule has 0 saturated carbocycles. The Balaban J connectivity index is 1.46. The van der Waals surface area contributed by atoms with Gasteiger partial charge < -0.3 is 0 Å². The largest absolute Gasteiger partial charge is 0.272 e. The Labute approximate surface area is 190 Å². The van der Waals surface area contributed by atoms with Crippen molar-refractivity contribution in [2.45, 2.75) is 18.3 Å². The highest BCUT2D eigenvalue weighted by Gasteiger charge is 2.66. The van der Waals surface area contributed by atoms with Gasteiger partial charge in [-0.15, -0.1) is 0 Å². The molecule has 1 N–H and O–H groups in total. The molecule has 3 aromatic carbocycles. The van der Waals surface area contributed by atoms with Gasteiger partial charge in [0.1, 0.15) is 0 Å². The van der Waals surface area contributed by atoms with Gasteiger partial charge in [0, 0.05) is 21.9 Å². The summed E-state index contributed by atoms with van der Waals surface area (Å²) in [4.78, 5) is 40.1. The maximum absolute atomic E-state index is 13.7. The van der Waals surface area contributed by atoms with E-state index in [0.717, 1.165) is 27.3 Å². The molecule has 1 heterocycles. The summed E-state index contributed by atoms with van der Waals surface area (Å²) in [5.41, 5.74) is 6.50. The molecule has 32 heavy (non-hydrogen) atoms. The van der Waals surface area contributed by atoms with E-state index in [4.69, 9.17) is 11.6 Å². The van der Waals surface area contributed by atoms with E-state index in [1.165, 1.54) is 6.07 Å². The summed E-state index contributed by atoms with van der Waals surface area (Å²) in [6.07, 6.45) is 0. The van der Waals surface area contributed by atoms with Crippen molar-refractivity contribution in [3.63, 3.8) is 0 Å². The molecule has 2 atom stereocenters. The second-order valence-corrected chi connectivity index (χ2v) is 9.26. The molecule has 0 radical (unpaired) electrons. The summed E-state index contributed by atoms with van der Waals surface area (Å²) >= 11 is 6.00. The fourth-order valence-electron chi connectivity index (χ4n) is 6.06. The van der Waals surface area contributed by atoms with E-state index in [9.17, 15) is 14.4 Å². The van der Waals surface area contributed by atoms with E-state index < -0.39 is 23.2 Å². The van der Waals surface area contributed by atoms with Crippen molar-refractivity contribution in [1.82, 2.24) is 10.4 Å². The Morgan fingerprint density at radius 1 is 0.906 bits per heavy atom. The lowest BCUT2D eigenvalue weighted by molar-refractivity contribution is -0.143. The number of carbonyl (C=O) groups is 3. The topological polar surface area (TPSA) is 66.5 Å². The first-order chi connectivity index (χ1) is 15.4. The molecule has 0 spiro atoms. The first-order valence-electron chi connectivity index (χ1n) is 10.6. The van der Waals surface area contributed by atoms with Crippen LogP contribution in [0.25, 0.3) is 0 Å². The number of imide groups is 1. The van der Waals surface area contributed by atoms with Crippen LogP contribution in [0.2, 0.25) is 5.02 Å². The number of nitrogens with zero attached hydrogens (tertiary/aromatic N) is 1. The number of hydrogen-bond donors (Lipinski definition) is 1. The van der Waals surface area contributed by atoms with Crippen LogP contribution in [-0.2, 0) is 15.0 Å². The van der Waals surface area contributed by atoms with Gasteiger partial charge in [0.2, 0.25) is 0 Å². The van der Waals surface area contributed by atoms with Crippen LogP contribution in [0.15, 0.2) is 72.8 Å². The van der Waals surface area contributed by atoms with Crippen molar-refractivity contribution in [3.8, 4) is 0 Å². The van der Waals surface area contributed by atoms with Gasteiger partial charge in [-0.05, 0) is 40.5 Å². The lowest BCUT2D eigenvalue weighted by Gasteiger charge is -2.52. The van der Waals surface area contributed by atoms with Crippen LogP contribution in [0.1, 0.15) is 45.5 Å². The van der Waals surface area contributed by atoms with Crippen molar-refractivity contribution in [1.29, 1.82) is 0 Å². The summed E-state index contributed by atoms with van der Waals surface area (Å²) in [7, 11) is 0. The molecule has 3 amide bonds. The van der Waals surface area contributed by atoms with Crippen molar-refractivity contribution >= 4 is 29.3 Å².